The molecule has 0 radical (unpaired) electrons. The van der Waals surface area contributed by atoms with Crippen LogP contribution in [0.15, 0.2) is 243 Å². The van der Waals surface area contributed by atoms with Gasteiger partial charge in [0, 0.05) is 114 Å². The fourth-order valence-electron chi connectivity index (χ4n) is 19.5. The Hall–Kier alpha value is -8.76. The molecule has 4 aromatic heterocycles. The number of rotatable bonds is 24. The van der Waals surface area contributed by atoms with E-state index in [0.717, 1.165) is 70.0 Å². The summed E-state index contributed by atoms with van der Waals surface area (Å²) < 4.78 is 0. The van der Waals surface area contributed by atoms with Gasteiger partial charge in [-0.1, -0.05) is 173 Å². The molecule has 4 aliphatic carbocycles. The molecule has 4 fully saturated rings. The molecule has 12 heteroatoms. The average Bonchev–Trinajstić information content (AvgIpc) is 0.827. The molecule has 8 aromatic carbocycles. The summed E-state index contributed by atoms with van der Waals surface area (Å²) in [6.07, 6.45) is 34.2. The Morgan fingerprint density at radius 2 is 0.448 bits per heavy atom. The van der Waals surface area contributed by atoms with Crippen LogP contribution < -0.4 is 0 Å². The van der Waals surface area contributed by atoms with Crippen LogP contribution in [0.2, 0.25) is 20.1 Å². The van der Waals surface area contributed by atoms with Crippen molar-refractivity contribution in [2.45, 2.75) is 205 Å². The predicted molar refractivity (Wildman–Crippen MR) is 482 cm³/mol. The first-order valence-electron chi connectivity index (χ1n) is 43.1. The third-order valence-corrected chi connectivity index (χ3v) is 27.6. The highest BCUT2D eigenvalue weighted by molar-refractivity contribution is 6.31. The number of para-hydroxylation sites is 4. The Morgan fingerprint density at radius 1 is 0.267 bits per heavy atom. The molecule has 600 valence electrons. The normalized spacial score (nSPS) is 20.5. The summed E-state index contributed by atoms with van der Waals surface area (Å²) >= 11 is 23.8. The number of hydrogen-bond acceptors (Lipinski definition) is 8. The summed E-state index contributed by atoms with van der Waals surface area (Å²) in [6.45, 7) is 8.89. The molecule has 0 unspecified atom stereocenters. The van der Waals surface area contributed by atoms with Crippen molar-refractivity contribution in [3.05, 3.63) is 308 Å². The second-order valence-corrected chi connectivity index (χ2v) is 35.2. The van der Waals surface area contributed by atoms with Crippen molar-refractivity contribution in [3.63, 3.8) is 0 Å². The van der Waals surface area contributed by atoms with Crippen LogP contribution in [0, 0.1) is 47.3 Å². The van der Waals surface area contributed by atoms with Gasteiger partial charge in [0.1, 0.15) is 0 Å². The van der Waals surface area contributed by atoms with E-state index < -0.39 is 0 Å². The highest BCUT2D eigenvalue weighted by Crippen LogP contribution is 2.46. The minimum absolute atomic E-state index is 0.245. The van der Waals surface area contributed by atoms with Gasteiger partial charge in [-0.2, -0.15) is 0 Å². The van der Waals surface area contributed by atoms with Crippen LogP contribution in [0.3, 0.4) is 0 Å². The van der Waals surface area contributed by atoms with E-state index in [4.69, 9.17) is 46.4 Å². The molecule has 4 saturated carbocycles. The Balaban J connectivity index is 0.000000135. The zero-order chi connectivity index (χ0) is 80.9. The van der Waals surface area contributed by atoms with E-state index in [1.54, 1.807) is 48.5 Å². The van der Waals surface area contributed by atoms with E-state index in [1.165, 1.54) is 147 Å². The van der Waals surface area contributed by atoms with Crippen molar-refractivity contribution in [1.82, 2.24) is 19.9 Å². The smallest absolute Gasteiger partial charge is 0.163 e. The molecule has 0 saturated heterocycles. The van der Waals surface area contributed by atoms with Gasteiger partial charge in [-0.05, 0) is 342 Å². The number of benzene rings is 8. The highest BCUT2D eigenvalue weighted by Gasteiger charge is 2.34. The highest BCUT2D eigenvalue weighted by atomic mass is 35.5. The van der Waals surface area contributed by atoms with Gasteiger partial charge >= 0.3 is 0 Å². The van der Waals surface area contributed by atoms with E-state index in [2.05, 4.69) is 169 Å². The summed E-state index contributed by atoms with van der Waals surface area (Å²) in [7, 11) is 0. The third-order valence-electron chi connectivity index (χ3n) is 26.6. The lowest BCUT2D eigenvalue weighted by Gasteiger charge is -2.33. The number of carbonyl (C=O) groups excluding carboxylic acids is 4. The zero-order valence-electron chi connectivity index (χ0n) is 67.9. The van der Waals surface area contributed by atoms with Gasteiger partial charge in [0.15, 0.2) is 23.1 Å². The predicted octanol–water partition coefficient (Wildman–Crippen LogP) is 29.8. The molecular weight excluding hydrogens is 1510 g/mol. The third kappa shape index (κ3) is 22.9. The Kier molecular flexibility index (Phi) is 30.9. The lowest BCUT2D eigenvalue weighted by atomic mass is 9.72. The van der Waals surface area contributed by atoms with Gasteiger partial charge in [0.25, 0.3) is 0 Å². The standard InChI is InChI=1S/4C26H28ClNO/c4*1-2-18(16-26(29)21-11-13-24(27)14-12-21)19-7-9-20(10-8-19)23-15-22-5-3-4-6-25(22)28-17-23/h4*3-6,11-15,17-20H,2,7-10,16H2,1H3/t4*18-,19?,20?/m1100/s1. The summed E-state index contributed by atoms with van der Waals surface area (Å²) in [5, 5.41) is 7.62. The molecule has 8 nitrogen and oxygen atoms in total. The van der Waals surface area contributed by atoms with E-state index >= 15 is 0 Å². The monoisotopic (exact) mass is 1620 g/mol. The lowest BCUT2D eigenvalue weighted by Crippen LogP contribution is -2.23. The van der Waals surface area contributed by atoms with Gasteiger partial charge in [0.2, 0.25) is 0 Å². The second kappa shape index (κ2) is 42.1. The summed E-state index contributed by atoms with van der Waals surface area (Å²) in [6, 6.07) is 71.8. The molecule has 0 spiro atoms. The molecule has 0 amide bonds. The Morgan fingerprint density at radius 3 is 0.629 bits per heavy atom. The topological polar surface area (TPSA) is 120 Å². The van der Waals surface area contributed by atoms with Crippen LogP contribution >= 0.6 is 46.4 Å². The van der Waals surface area contributed by atoms with Crippen molar-refractivity contribution < 1.29 is 19.2 Å². The molecule has 4 aliphatic rings. The summed E-state index contributed by atoms with van der Waals surface area (Å²) in [5.74, 6) is 7.77. The number of pyridine rings is 4. The van der Waals surface area contributed by atoms with Gasteiger partial charge in [0.05, 0.1) is 22.1 Å². The van der Waals surface area contributed by atoms with E-state index in [1.807, 2.05) is 72.8 Å². The number of aromatic nitrogens is 4. The van der Waals surface area contributed by atoms with E-state index in [-0.39, 0.29) is 23.1 Å². The average molecular weight is 1620 g/mol. The van der Waals surface area contributed by atoms with Crippen molar-refractivity contribution in [2.75, 3.05) is 0 Å². The molecule has 0 aliphatic heterocycles. The molecule has 0 bridgehead atoms. The molecule has 12 aromatic rings. The van der Waals surface area contributed by atoms with Crippen LogP contribution in [0.5, 0.6) is 0 Å². The fraction of sp³-hybridized carbons (Fsp3) is 0.385. The lowest BCUT2D eigenvalue weighted by molar-refractivity contribution is 0.0918. The van der Waals surface area contributed by atoms with Crippen LogP contribution in [0.25, 0.3) is 43.6 Å². The largest absolute Gasteiger partial charge is 0.294 e. The maximum absolute atomic E-state index is 12.7. The molecule has 4 atom stereocenters. The number of Topliss-reactive ketones (excluding diaryl/α,β-unsaturated/α-hetero) is 4. The van der Waals surface area contributed by atoms with Gasteiger partial charge in [-0.15, -0.1) is 0 Å². The van der Waals surface area contributed by atoms with Crippen LogP contribution in [-0.4, -0.2) is 43.1 Å². The molecule has 116 heavy (non-hydrogen) atoms. The van der Waals surface area contributed by atoms with Gasteiger partial charge in [-0.25, -0.2) is 0 Å². The Bertz CT molecular complexity index is 4540. The number of fused-ring (bicyclic) bond motifs is 4. The van der Waals surface area contributed by atoms with Crippen LogP contribution in [0.1, 0.15) is 269 Å². The number of hydrogen-bond donors (Lipinski definition) is 0. The minimum atomic E-state index is 0.245. The molecule has 4 heterocycles. The van der Waals surface area contributed by atoms with Crippen molar-refractivity contribution in [3.8, 4) is 0 Å². The fourth-order valence-corrected chi connectivity index (χ4v) is 20.0. The van der Waals surface area contributed by atoms with Crippen molar-refractivity contribution >= 4 is 113 Å². The quantitative estimate of drug-likeness (QED) is 0.0549. The summed E-state index contributed by atoms with van der Waals surface area (Å²) in [5.41, 5.74) is 12.9. The van der Waals surface area contributed by atoms with E-state index in [0.29, 0.717) is 117 Å². The number of carbonyl (C=O) groups is 4. The number of ketones is 4. The van der Waals surface area contributed by atoms with Crippen molar-refractivity contribution in [2.24, 2.45) is 47.3 Å². The molecule has 0 N–H and O–H groups in total. The second-order valence-electron chi connectivity index (χ2n) is 33.5. The summed E-state index contributed by atoms with van der Waals surface area (Å²) in [4.78, 5) is 69.5. The minimum Gasteiger partial charge on any atom is -0.294 e. The number of halogens is 4. The van der Waals surface area contributed by atoms with Crippen LogP contribution in [0.4, 0.5) is 0 Å². The first-order chi connectivity index (χ1) is 56.5. The maximum atomic E-state index is 12.7. The number of nitrogens with zero attached hydrogens (tertiary/aromatic N) is 4. The van der Waals surface area contributed by atoms with Crippen molar-refractivity contribution in [1.29, 1.82) is 0 Å². The maximum Gasteiger partial charge on any atom is 0.163 e. The van der Waals surface area contributed by atoms with Gasteiger partial charge < -0.3 is 0 Å². The molecular formula is C104H112Cl4N4O4. The van der Waals surface area contributed by atoms with E-state index in [9.17, 15) is 19.2 Å². The first kappa shape index (κ1) is 85.1. The Labute approximate surface area is 707 Å². The van der Waals surface area contributed by atoms with Crippen LogP contribution in [-0.2, 0) is 0 Å². The zero-order valence-corrected chi connectivity index (χ0v) is 71.0. The first-order valence-corrected chi connectivity index (χ1v) is 44.6. The SMILES string of the molecule is CC[C@@H](CC(=O)c1ccc(Cl)cc1)C1CCC(c2cnc3ccccc3c2)CC1.CC[C@@H](CC(=O)c1ccc(Cl)cc1)C1CCC(c2cnc3ccccc3c2)CC1.CC[C@H](CC(=O)c1ccc(Cl)cc1)C1CCC(c2cnc3ccccc3c2)CC1.CC[C@H](CC(=O)c1ccc(Cl)cc1)C1CCC(c2cnc3ccccc3c2)CC1. The van der Waals surface area contributed by atoms with Gasteiger partial charge in [-0.3, -0.25) is 39.1 Å². The molecule has 16 rings (SSSR count).